The zero-order chi connectivity index (χ0) is 17.8. The van der Waals surface area contributed by atoms with Crippen molar-refractivity contribution in [3.8, 4) is 17.7 Å². The van der Waals surface area contributed by atoms with E-state index in [-0.39, 0.29) is 11.7 Å². The fraction of sp³-hybridized carbons (Fsp3) is 0.333. The van der Waals surface area contributed by atoms with E-state index < -0.39 is 0 Å². The van der Waals surface area contributed by atoms with Gasteiger partial charge in [-0.25, -0.2) is 0 Å². The van der Waals surface area contributed by atoms with Gasteiger partial charge >= 0.3 is 0 Å². The predicted molar refractivity (Wildman–Crippen MR) is 96.9 cm³/mol. The van der Waals surface area contributed by atoms with Crippen molar-refractivity contribution in [2.75, 3.05) is 38.2 Å². The number of hydrogen-bond acceptors (Lipinski definition) is 8. The van der Waals surface area contributed by atoms with Gasteiger partial charge in [0, 0.05) is 24.5 Å². The van der Waals surface area contributed by atoms with Gasteiger partial charge < -0.3 is 18.9 Å². The molecule has 1 aliphatic rings. The monoisotopic (exact) mass is 370 g/mol. The Kier molecular flexibility index (Phi) is 5.02. The van der Waals surface area contributed by atoms with E-state index in [0.717, 1.165) is 26.3 Å². The largest absolute Gasteiger partial charge is 0.459 e. The summed E-state index contributed by atoms with van der Waals surface area (Å²) >= 11 is 1.72. The number of morpholine rings is 1. The molecule has 0 aromatic carbocycles. The zero-order valence-corrected chi connectivity index (χ0v) is 14.9. The van der Waals surface area contributed by atoms with E-state index >= 15 is 0 Å². The molecule has 134 valence electrons. The Bertz CT molecular complexity index is 861. The van der Waals surface area contributed by atoms with Gasteiger partial charge in [-0.15, -0.1) is 11.3 Å². The number of aromatic nitrogens is 1. The van der Waals surface area contributed by atoms with Gasteiger partial charge in [0.2, 0.25) is 11.6 Å². The minimum atomic E-state index is 0.183. The highest BCUT2D eigenvalue weighted by molar-refractivity contribution is 7.10. The Hall–Kier alpha value is -2.60. The van der Waals surface area contributed by atoms with Crippen LogP contribution in [0, 0.1) is 11.3 Å². The molecular formula is C18H18N4O3S. The van der Waals surface area contributed by atoms with Crippen LogP contribution in [-0.2, 0) is 4.74 Å². The zero-order valence-electron chi connectivity index (χ0n) is 14.1. The maximum Gasteiger partial charge on any atom is 0.266 e. The summed E-state index contributed by atoms with van der Waals surface area (Å²) in [5.74, 6) is 1.17. The molecular weight excluding hydrogens is 352 g/mol. The number of anilines is 1. The number of nitrogens with one attached hydrogen (secondary N) is 1. The molecule has 0 aliphatic carbocycles. The molecule has 0 bridgehead atoms. The fourth-order valence-electron chi connectivity index (χ4n) is 2.99. The molecule has 0 amide bonds. The van der Waals surface area contributed by atoms with Crippen LogP contribution in [0.2, 0.25) is 0 Å². The highest BCUT2D eigenvalue weighted by Crippen LogP contribution is 2.29. The van der Waals surface area contributed by atoms with Crippen molar-refractivity contribution in [1.29, 1.82) is 5.26 Å². The molecule has 7 nitrogen and oxygen atoms in total. The Labute approximate surface area is 154 Å². The smallest absolute Gasteiger partial charge is 0.266 e. The van der Waals surface area contributed by atoms with Crippen molar-refractivity contribution in [2.45, 2.75) is 6.04 Å². The number of oxazole rings is 1. The minimum Gasteiger partial charge on any atom is -0.459 e. The maximum absolute atomic E-state index is 9.36. The molecule has 3 aromatic heterocycles. The normalized spacial score (nSPS) is 16.3. The van der Waals surface area contributed by atoms with Gasteiger partial charge in [0.1, 0.15) is 6.07 Å². The van der Waals surface area contributed by atoms with E-state index in [2.05, 4.69) is 38.8 Å². The third-order valence-corrected chi connectivity index (χ3v) is 5.25. The van der Waals surface area contributed by atoms with Crippen molar-refractivity contribution in [1.82, 2.24) is 9.88 Å². The second-order valence-electron chi connectivity index (χ2n) is 5.85. The van der Waals surface area contributed by atoms with Gasteiger partial charge in [0.15, 0.2) is 5.76 Å². The first-order chi connectivity index (χ1) is 12.8. The summed E-state index contributed by atoms with van der Waals surface area (Å²) in [5, 5.41) is 14.7. The van der Waals surface area contributed by atoms with Crippen molar-refractivity contribution in [2.24, 2.45) is 0 Å². The molecule has 8 heteroatoms. The summed E-state index contributed by atoms with van der Waals surface area (Å²) in [5.41, 5.74) is 0.225. The summed E-state index contributed by atoms with van der Waals surface area (Å²) in [6, 6.07) is 9.95. The second-order valence-corrected chi connectivity index (χ2v) is 6.83. The molecule has 1 N–H and O–H groups in total. The lowest BCUT2D eigenvalue weighted by atomic mass is 10.2. The van der Waals surface area contributed by atoms with Crippen LogP contribution in [0.3, 0.4) is 0 Å². The summed E-state index contributed by atoms with van der Waals surface area (Å²) in [6.07, 6.45) is 1.55. The minimum absolute atomic E-state index is 0.183. The lowest BCUT2D eigenvalue weighted by Crippen LogP contribution is -2.41. The van der Waals surface area contributed by atoms with Crippen molar-refractivity contribution in [3.63, 3.8) is 0 Å². The Balaban J connectivity index is 1.53. The molecule has 1 fully saturated rings. The number of nitriles is 1. The van der Waals surface area contributed by atoms with Crippen LogP contribution in [0.25, 0.3) is 11.7 Å². The number of nitrogens with zero attached hydrogens (tertiary/aromatic N) is 3. The topological polar surface area (TPSA) is 87.5 Å². The molecule has 1 aliphatic heterocycles. The quantitative estimate of drug-likeness (QED) is 0.712. The highest BCUT2D eigenvalue weighted by atomic mass is 32.1. The van der Waals surface area contributed by atoms with E-state index in [1.165, 1.54) is 4.88 Å². The van der Waals surface area contributed by atoms with Crippen LogP contribution in [-0.4, -0.2) is 42.7 Å². The molecule has 0 saturated carbocycles. The standard InChI is InChI=1S/C18H18N4O3S/c19-11-13-17(25-18(21-13)15-3-1-7-24-15)20-12-14(16-4-2-10-26-16)22-5-8-23-9-6-22/h1-4,7,10,14,20H,5-6,8-9,12H2/t14-/m1/s1. The lowest BCUT2D eigenvalue weighted by Gasteiger charge is -2.34. The van der Waals surface area contributed by atoms with Crippen LogP contribution in [0.15, 0.2) is 44.7 Å². The number of hydrogen-bond donors (Lipinski definition) is 1. The Morgan fingerprint density at radius 1 is 1.31 bits per heavy atom. The molecule has 3 aromatic rings. The third-order valence-electron chi connectivity index (χ3n) is 4.28. The van der Waals surface area contributed by atoms with E-state index in [1.54, 1.807) is 29.7 Å². The van der Waals surface area contributed by atoms with Crippen molar-refractivity contribution >= 4 is 17.2 Å². The number of rotatable bonds is 6. The number of thiophene rings is 1. The van der Waals surface area contributed by atoms with Gasteiger partial charge in [0.25, 0.3) is 5.89 Å². The predicted octanol–water partition coefficient (Wildman–Crippen LogP) is 3.35. The van der Waals surface area contributed by atoms with Crippen LogP contribution in [0.5, 0.6) is 0 Å². The molecule has 0 radical (unpaired) electrons. The summed E-state index contributed by atoms with van der Waals surface area (Å²) in [4.78, 5) is 7.86. The van der Waals surface area contributed by atoms with Gasteiger partial charge in [-0.2, -0.15) is 10.2 Å². The van der Waals surface area contributed by atoms with Gasteiger partial charge in [-0.05, 0) is 23.6 Å². The van der Waals surface area contributed by atoms with Crippen LogP contribution < -0.4 is 5.32 Å². The fourth-order valence-corrected chi connectivity index (χ4v) is 3.85. The number of furan rings is 1. The Morgan fingerprint density at radius 2 is 2.19 bits per heavy atom. The highest BCUT2D eigenvalue weighted by Gasteiger charge is 2.25. The first-order valence-corrected chi connectivity index (χ1v) is 9.27. The van der Waals surface area contributed by atoms with Gasteiger partial charge in [-0.3, -0.25) is 4.90 Å². The molecule has 26 heavy (non-hydrogen) atoms. The molecule has 0 spiro atoms. The molecule has 0 unspecified atom stereocenters. The number of ether oxygens (including phenoxy) is 1. The molecule has 4 heterocycles. The van der Waals surface area contributed by atoms with Crippen molar-refractivity contribution in [3.05, 3.63) is 46.5 Å². The average Bonchev–Trinajstić information content (AvgIpc) is 3.44. The van der Waals surface area contributed by atoms with E-state index in [4.69, 9.17) is 13.6 Å². The van der Waals surface area contributed by atoms with Crippen LogP contribution in [0.1, 0.15) is 16.6 Å². The molecule has 1 saturated heterocycles. The first kappa shape index (κ1) is 16.8. The van der Waals surface area contributed by atoms with E-state index in [9.17, 15) is 5.26 Å². The Morgan fingerprint density at radius 3 is 2.88 bits per heavy atom. The van der Waals surface area contributed by atoms with Crippen LogP contribution in [0.4, 0.5) is 5.88 Å². The van der Waals surface area contributed by atoms with Gasteiger partial charge in [-0.1, -0.05) is 6.07 Å². The summed E-state index contributed by atoms with van der Waals surface area (Å²) < 4.78 is 16.5. The SMILES string of the molecule is N#Cc1nc(-c2ccco2)oc1NC[C@H](c1cccs1)N1CCOCC1. The first-order valence-electron chi connectivity index (χ1n) is 8.39. The van der Waals surface area contributed by atoms with Crippen LogP contribution >= 0.6 is 11.3 Å². The third kappa shape index (κ3) is 3.51. The summed E-state index contributed by atoms with van der Waals surface area (Å²) in [7, 11) is 0. The lowest BCUT2D eigenvalue weighted by molar-refractivity contribution is 0.0193. The second kappa shape index (κ2) is 7.74. The summed E-state index contributed by atoms with van der Waals surface area (Å²) in [6.45, 7) is 3.83. The van der Waals surface area contributed by atoms with E-state index in [0.29, 0.717) is 24.1 Å². The molecule has 1 atom stereocenters. The maximum atomic E-state index is 9.36. The molecule has 4 rings (SSSR count). The van der Waals surface area contributed by atoms with Crippen molar-refractivity contribution < 1.29 is 13.6 Å². The van der Waals surface area contributed by atoms with Gasteiger partial charge in [0.05, 0.1) is 25.5 Å². The average molecular weight is 370 g/mol. The van der Waals surface area contributed by atoms with E-state index in [1.807, 2.05) is 0 Å².